The van der Waals surface area contributed by atoms with Gasteiger partial charge >= 0.3 is 0 Å². The third-order valence-corrected chi connectivity index (χ3v) is 4.23. The Balaban J connectivity index is 0.000000211. The largest absolute Gasteiger partial charge is 0.369 e. The number of hydrogen-bond donors (Lipinski definition) is 2. The molecular formula is C18H26FN3. The van der Waals surface area contributed by atoms with Gasteiger partial charge in [-0.15, -0.1) is 0 Å². The second-order valence-corrected chi connectivity index (χ2v) is 6.80. The molecule has 0 aliphatic heterocycles. The molecule has 3 N–H and O–H groups in total. The fraction of sp³-hybridized carbons (Fsp3) is 0.500. The van der Waals surface area contributed by atoms with E-state index in [2.05, 4.69) is 36.8 Å². The lowest BCUT2D eigenvalue weighted by Crippen LogP contribution is -1.95. The number of aromatic amines is 1. The average Bonchev–Trinajstić information content (AvgIpc) is 2.91. The van der Waals surface area contributed by atoms with Gasteiger partial charge in [-0.2, -0.15) is 0 Å². The first-order valence-electron chi connectivity index (χ1n) is 7.89. The van der Waals surface area contributed by atoms with Gasteiger partial charge in [0.15, 0.2) is 5.95 Å². The molecular weight excluding hydrogens is 277 g/mol. The van der Waals surface area contributed by atoms with Crippen LogP contribution < -0.4 is 5.73 Å². The van der Waals surface area contributed by atoms with Gasteiger partial charge in [-0.1, -0.05) is 39.3 Å². The molecule has 1 atom stereocenters. The number of aromatic nitrogens is 2. The van der Waals surface area contributed by atoms with Crippen molar-refractivity contribution in [1.82, 2.24) is 9.97 Å². The number of anilines is 1. The molecule has 1 aromatic carbocycles. The van der Waals surface area contributed by atoms with E-state index in [1.807, 2.05) is 13.0 Å². The molecule has 0 amide bonds. The summed E-state index contributed by atoms with van der Waals surface area (Å²) >= 11 is 0. The van der Waals surface area contributed by atoms with Crippen LogP contribution in [0.2, 0.25) is 0 Å². The van der Waals surface area contributed by atoms with Gasteiger partial charge in [-0.05, 0) is 48.3 Å². The summed E-state index contributed by atoms with van der Waals surface area (Å²) in [5, 5.41) is 0. The Kier molecular flexibility index (Phi) is 4.89. The molecule has 1 aromatic heterocycles. The van der Waals surface area contributed by atoms with Gasteiger partial charge < -0.3 is 10.7 Å². The van der Waals surface area contributed by atoms with Crippen LogP contribution in [-0.4, -0.2) is 9.97 Å². The van der Waals surface area contributed by atoms with Crippen molar-refractivity contribution in [2.24, 2.45) is 5.41 Å². The second kappa shape index (κ2) is 6.51. The summed E-state index contributed by atoms with van der Waals surface area (Å²) in [5.74, 6) is 1.09. The van der Waals surface area contributed by atoms with Crippen LogP contribution in [0.25, 0.3) is 0 Å². The highest BCUT2D eigenvalue weighted by Gasteiger charge is 2.46. The zero-order valence-electron chi connectivity index (χ0n) is 13.9. The normalized spacial score (nSPS) is 18.5. The summed E-state index contributed by atoms with van der Waals surface area (Å²) in [7, 11) is 0. The van der Waals surface area contributed by atoms with Crippen molar-refractivity contribution in [3.8, 4) is 0 Å². The van der Waals surface area contributed by atoms with Crippen molar-refractivity contribution in [2.45, 2.75) is 52.9 Å². The Bertz CT molecular complexity index is 615. The summed E-state index contributed by atoms with van der Waals surface area (Å²) in [5.41, 5.74) is 8.85. The maximum atomic E-state index is 13.4. The van der Waals surface area contributed by atoms with Crippen LogP contribution >= 0.6 is 0 Å². The summed E-state index contributed by atoms with van der Waals surface area (Å²) in [4.78, 5) is 6.54. The van der Waals surface area contributed by atoms with E-state index in [9.17, 15) is 4.39 Å². The van der Waals surface area contributed by atoms with E-state index in [-0.39, 0.29) is 5.82 Å². The summed E-state index contributed by atoms with van der Waals surface area (Å²) < 4.78 is 13.4. The number of nitrogens with two attached hydrogens (primary N) is 1. The molecule has 0 bridgehead atoms. The van der Waals surface area contributed by atoms with Crippen LogP contribution in [0.3, 0.4) is 0 Å². The van der Waals surface area contributed by atoms with Gasteiger partial charge in [-0.3, -0.25) is 0 Å². The number of halogens is 1. The van der Waals surface area contributed by atoms with Gasteiger partial charge in [-0.25, -0.2) is 9.37 Å². The number of nitrogen functional groups attached to an aromatic ring is 1. The van der Waals surface area contributed by atoms with E-state index in [1.165, 1.54) is 12.0 Å². The molecule has 3 rings (SSSR count). The Hall–Kier alpha value is -1.84. The number of hydrogen-bond acceptors (Lipinski definition) is 2. The van der Waals surface area contributed by atoms with E-state index in [1.54, 1.807) is 12.3 Å². The number of aryl methyl sites for hydroxylation is 2. The monoisotopic (exact) mass is 303 g/mol. The smallest absolute Gasteiger partial charge is 0.197 e. The van der Waals surface area contributed by atoms with Gasteiger partial charge in [0.1, 0.15) is 5.82 Å². The first kappa shape index (κ1) is 16.5. The molecule has 1 saturated carbocycles. The number of nitrogens with zero attached hydrogens (tertiary/aromatic N) is 1. The fourth-order valence-corrected chi connectivity index (χ4v) is 2.74. The van der Waals surface area contributed by atoms with Crippen LogP contribution in [0, 0.1) is 18.2 Å². The molecule has 0 unspecified atom stereocenters. The molecule has 1 aliphatic rings. The minimum Gasteiger partial charge on any atom is -0.369 e. The summed E-state index contributed by atoms with van der Waals surface area (Å²) in [6.07, 6.45) is 4.79. The van der Waals surface area contributed by atoms with Crippen molar-refractivity contribution in [1.29, 1.82) is 0 Å². The van der Waals surface area contributed by atoms with Gasteiger partial charge in [0, 0.05) is 11.9 Å². The zero-order chi connectivity index (χ0) is 16.3. The number of nitrogens with one attached hydrogen (secondary N) is 1. The topological polar surface area (TPSA) is 54.7 Å². The molecule has 0 saturated heterocycles. The van der Waals surface area contributed by atoms with Crippen molar-refractivity contribution in [2.75, 3.05) is 5.73 Å². The van der Waals surface area contributed by atoms with Gasteiger partial charge in [0.25, 0.3) is 0 Å². The predicted molar refractivity (Wildman–Crippen MR) is 89.3 cm³/mol. The zero-order valence-corrected chi connectivity index (χ0v) is 13.9. The van der Waals surface area contributed by atoms with Gasteiger partial charge in [0.2, 0.25) is 0 Å². The van der Waals surface area contributed by atoms with Crippen molar-refractivity contribution < 1.29 is 4.39 Å². The van der Waals surface area contributed by atoms with Crippen LogP contribution in [0.15, 0.2) is 24.4 Å². The minimum absolute atomic E-state index is 0.0425. The first-order valence-corrected chi connectivity index (χ1v) is 7.89. The number of imidazole rings is 1. The third-order valence-electron chi connectivity index (χ3n) is 4.23. The second-order valence-electron chi connectivity index (χ2n) is 6.80. The molecule has 0 radical (unpaired) electrons. The van der Waals surface area contributed by atoms with Crippen LogP contribution in [0.5, 0.6) is 0 Å². The molecule has 3 nitrogen and oxygen atoms in total. The number of H-pyrrole nitrogens is 1. The summed E-state index contributed by atoms with van der Waals surface area (Å²) in [6.45, 7) is 8.55. The standard InChI is InChI=1S/C14H19F.C4H7N3/c1-4-5-11-8-10(6-7-13(11)15)12-9-14(12,2)3;1-3-2-6-4(5)7-3/h6-8,12H,4-5,9H2,1-3H3;2H,1H3,(H3,5,6,7)/t12-;/m0./s1. The molecule has 1 fully saturated rings. The van der Waals surface area contributed by atoms with Crippen LogP contribution in [0.1, 0.15) is 56.4 Å². The van der Waals surface area contributed by atoms with Crippen molar-refractivity contribution in [3.63, 3.8) is 0 Å². The Morgan fingerprint density at radius 1 is 1.41 bits per heavy atom. The summed E-state index contributed by atoms with van der Waals surface area (Å²) in [6, 6.07) is 5.65. The van der Waals surface area contributed by atoms with Gasteiger partial charge in [0.05, 0.1) is 0 Å². The maximum absolute atomic E-state index is 13.4. The highest BCUT2D eigenvalue weighted by molar-refractivity contribution is 5.33. The highest BCUT2D eigenvalue weighted by Crippen LogP contribution is 2.58. The lowest BCUT2D eigenvalue weighted by Gasteiger charge is -2.07. The Labute approximate surface area is 132 Å². The molecule has 0 spiro atoms. The van der Waals surface area contributed by atoms with E-state index >= 15 is 0 Å². The molecule has 22 heavy (non-hydrogen) atoms. The molecule has 4 heteroatoms. The van der Waals surface area contributed by atoms with Crippen LogP contribution in [0.4, 0.5) is 10.3 Å². The van der Waals surface area contributed by atoms with E-state index < -0.39 is 0 Å². The fourth-order valence-electron chi connectivity index (χ4n) is 2.74. The van der Waals surface area contributed by atoms with E-state index in [4.69, 9.17) is 5.73 Å². The first-order chi connectivity index (χ1) is 10.3. The maximum Gasteiger partial charge on any atom is 0.197 e. The van der Waals surface area contributed by atoms with Crippen LogP contribution in [-0.2, 0) is 6.42 Å². The van der Waals surface area contributed by atoms with Crippen molar-refractivity contribution in [3.05, 3.63) is 47.0 Å². The third kappa shape index (κ3) is 4.09. The van der Waals surface area contributed by atoms with Crippen molar-refractivity contribution >= 4 is 5.95 Å². The SMILES string of the molecule is CCCc1cc([C@@H]2CC2(C)C)ccc1F.Cc1cnc(N)[nH]1. The lowest BCUT2D eigenvalue weighted by atomic mass is 9.99. The predicted octanol–water partition coefficient (Wildman–Crippen LogP) is 4.59. The molecule has 1 heterocycles. The molecule has 120 valence electrons. The lowest BCUT2D eigenvalue weighted by molar-refractivity contribution is 0.600. The minimum atomic E-state index is -0.0425. The number of rotatable bonds is 3. The van der Waals surface area contributed by atoms with E-state index in [0.29, 0.717) is 17.3 Å². The number of benzene rings is 1. The quantitative estimate of drug-likeness (QED) is 0.871. The molecule has 2 aromatic rings. The Morgan fingerprint density at radius 2 is 2.09 bits per heavy atom. The average molecular weight is 303 g/mol. The molecule has 1 aliphatic carbocycles. The van der Waals surface area contributed by atoms with E-state index in [0.717, 1.165) is 24.1 Å². The highest BCUT2D eigenvalue weighted by atomic mass is 19.1. The Morgan fingerprint density at radius 3 is 2.50 bits per heavy atom.